The van der Waals surface area contributed by atoms with Gasteiger partial charge >= 0.3 is 0 Å². The van der Waals surface area contributed by atoms with Crippen LogP contribution in [0.1, 0.15) is 24.4 Å². The molecule has 116 valence electrons. The van der Waals surface area contributed by atoms with Crippen LogP contribution in [-0.4, -0.2) is 42.7 Å². The maximum Gasteiger partial charge on any atom is 0.237 e. The first-order valence-electron chi connectivity index (χ1n) is 7.47. The number of fused-ring (bicyclic) bond motifs is 1. The Labute approximate surface area is 128 Å². The summed E-state index contributed by atoms with van der Waals surface area (Å²) in [5, 5.41) is 12.2. The number of para-hydroxylation sites is 1. The highest BCUT2D eigenvalue weighted by Gasteiger charge is 2.35. The zero-order chi connectivity index (χ0) is 15.5. The van der Waals surface area contributed by atoms with Gasteiger partial charge in [0, 0.05) is 24.4 Å². The van der Waals surface area contributed by atoms with Gasteiger partial charge in [0.2, 0.25) is 5.91 Å². The molecule has 3 unspecified atom stereocenters. The predicted octanol–water partition coefficient (Wildman–Crippen LogP) is 1.56. The number of alkyl halides is 1. The molecule has 5 nitrogen and oxygen atoms in total. The van der Waals surface area contributed by atoms with Crippen LogP contribution in [0.5, 0.6) is 5.75 Å². The fraction of sp³-hybridized carbons (Fsp3) is 0.500. The van der Waals surface area contributed by atoms with E-state index in [1.165, 1.54) is 4.90 Å². The van der Waals surface area contributed by atoms with Crippen LogP contribution in [0, 0.1) is 11.3 Å². The van der Waals surface area contributed by atoms with Gasteiger partial charge in [-0.3, -0.25) is 4.79 Å². The number of halogens is 1. The Hall–Kier alpha value is -2.13. The van der Waals surface area contributed by atoms with Crippen molar-refractivity contribution in [3.8, 4) is 11.8 Å². The van der Waals surface area contributed by atoms with Gasteiger partial charge in [0.05, 0.1) is 25.8 Å². The molecular weight excluding hydrogens is 285 g/mol. The highest BCUT2D eigenvalue weighted by molar-refractivity contribution is 5.79. The fourth-order valence-electron chi connectivity index (χ4n) is 3.05. The van der Waals surface area contributed by atoms with E-state index < -0.39 is 12.2 Å². The topological polar surface area (TPSA) is 65.4 Å². The summed E-state index contributed by atoms with van der Waals surface area (Å²) in [5.41, 5.74) is 1.03. The summed E-state index contributed by atoms with van der Waals surface area (Å²) in [6, 6.07) is 9.12. The van der Waals surface area contributed by atoms with Crippen LogP contribution in [0.15, 0.2) is 24.3 Å². The van der Waals surface area contributed by atoms with E-state index in [1.54, 1.807) is 0 Å². The number of likely N-dealkylation sites (tertiary alicyclic amines) is 1. The molecule has 0 aliphatic carbocycles. The number of nitriles is 1. The fourth-order valence-corrected chi connectivity index (χ4v) is 3.05. The van der Waals surface area contributed by atoms with Gasteiger partial charge in [-0.25, -0.2) is 4.39 Å². The van der Waals surface area contributed by atoms with Gasteiger partial charge in [-0.15, -0.1) is 0 Å². The van der Waals surface area contributed by atoms with Crippen molar-refractivity contribution in [3.05, 3.63) is 29.8 Å². The standard InChI is InChI=1S/C16H18FN3O2/c17-11-7-12(8-18)20(10-11)16(21)9-19-14-5-6-22-15-4-2-1-3-13(14)15/h1-4,11-12,14,19H,5-7,9-10H2. The van der Waals surface area contributed by atoms with Gasteiger partial charge < -0.3 is 15.0 Å². The highest BCUT2D eigenvalue weighted by Crippen LogP contribution is 2.31. The minimum absolute atomic E-state index is 0.0170. The van der Waals surface area contributed by atoms with Crippen LogP contribution in [0.25, 0.3) is 0 Å². The molecule has 0 spiro atoms. The number of carbonyl (C=O) groups is 1. The van der Waals surface area contributed by atoms with Crippen molar-refractivity contribution >= 4 is 5.91 Å². The minimum Gasteiger partial charge on any atom is -0.493 e. The maximum absolute atomic E-state index is 13.4. The average molecular weight is 303 g/mol. The number of hydrogen-bond donors (Lipinski definition) is 1. The molecule has 2 heterocycles. The second kappa shape index (κ2) is 6.32. The Morgan fingerprint density at radius 2 is 2.32 bits per heavy atom. The van der Waals surface area contributed by atoms with Crippen molar-refractivity contribution in [2.24, 2.45) is 0 Å². The van der Waals surface area contributed by atoms with E-state index in [0.717, 1.165) is 17.7 Å². The lowest BCUT2D eigenvalue weighted by Crippen LogP contribution is -2.42. The summed E-state index contributed by atoms with van der Waals surface area (Å²) in [6.45, 7) is 0.715. The van der Waals surface area contributed by atoms with Gasteiger partial charge in [-0.05, 0) is 6.07 Å². The first kappa shape index (κ1) is 14.8. The predicted molar refractivity (Wildman–Crippen MR) is 77.9 cm³/mol. The summed E-state index contributed by atoms with van der Waals surface area (Å²) in [5.74, 6) is 0.606. The normalized spacial score (nSPS) is 26.9. The largest absolute Gasteiger partial charge is 0.493 e. The highest BCUT2D eigenvalue weighted by atomic mass is 19.1. The lowest BCUT2D eigenvalue weighted by atomic mass is 10.0. The molecule has 0 saturated carbocycles. The summed E-state index contributed by atoms with van der Waals surface area (Å²) < 4.78 is 19.0. The van der Waals surface area contributed by atoms with E-state index in [9.17, 15) is 9.18 Å². The van der Waals surface area contributed by atoms with Crippen LogP contribution in [0.2, 0.25) is 0 Å². The Morgan fingerprint density at radius 3 is 3.14 bits per heavy atom. The van der Waals surface area contributed by atoms with E-state index in [-0.39, 0.29) is 31.5 Å². The molecule has 1 amide bonds. The molecule has 3 rings (SSSR count). The van der Waals surface area contributed by atoms with Gasteiger partial charge in [-0.1, -0.05) is 18.2 Å². The molecule has 0 bridgehead atoms. The monoisotopic (exact) mass is 303 g/mol. The third-order valence-corrected chi connectivity index (χ3v) is 4.18. The maximum atomic E-state index is 13.4. The first-order valence-corrected chi connectivity index (χ1v) is 7.47. The number of amides is 1. The number of hydrogen-bond acceptors (Lipinski definition) is 4. The Bertz CT molecular complexity index is 601. The summed E-state index contributed by atoms with van der Waals surface area (Å²) >= 11 is 0. The minimum atomic E-state index is -1.10. The quantitative estimate of drug-likeness (QED) is 0.920. The van der Waals surface area contributed by atoms with Crippen LogP contribution in [0.3, 0.4) is 0 Å². The third-order valence-electron chi connectivity index (χ3n) is 4.18. The number of nitrogens with one attached hydrogen (secondary N) is 1. The number of benzene rings is 1. The third kappa shape index (κ3) is 2.90. The molecule has 1 fully saturated rings. The average Bonchev–Trinajstić information content (AvgIpc) is 2.93. The van der Waals surface area contributed by atoms with Gasteiger partial charge in [0.15, 0.2) is 0 Å². The lowest BCUT2D eigenvalue weighted by molar-refractivity contribution is -0.130. The zero-order valence-electron chi connectivity index (χ0n) is 12.2. The Kier molecular flexibility index (Phi) is 4.25. The number of nitrogens with zero attached hydrogens (tertiary/aromatic N) is 2. The van der Waals surface area contributed by atoms with E-state index in [1.807, 2.05) is 30.3 Å². The molecule has 1 saturated heterocycles. The molecule has 2 aliphatic rings. The molecule has 22 heavy (non-hydrogen) atoms. The van der Waals surface area contributed by atoms with Crippen LogP contribution in [0.4, 0.5) is 4.39 Å². The SMILES string of the molecule is N#CC1CC(F)CN1C(=O)CNC1CCOc2ccccc21. The van der Waals surface area contributed by atoms with Gasteiger partial charge in [0.25, 0.3) is 0 Å². The summed E-state index contributed by atoms with van der Waals surface area (Å²) in [7, 11) is 0. The van der Waals surface area contributed by atoms with Crippen molar-refractivity contribution in [2.75, 3.05) is 19.7 Å². The van der Waals surface area contributed by atoms with E-state index in [4.69, 9.17) is 10.00 Å². The van der Waals surface area contributed by atoms with Crippen LogP contribution < -0.4 is 10.1 Å². The Morgan fingerprint density at radius 1 is 1.50 bits per heavy atom. The molecule has 3 atom stereocenters. The molecular formula is C16H18FN3O2. The van der Waals surface area contributed by atoms with Gasteiger partial charge in [-0.2, -0.15) is 5.26 Å². The van der Waals surface area contributed by atoms with Crippen molar-refractivity contribution < 1.29 is 13.9 Å². The molecule has 1 aromatic carbocycles. The van der Waals surface area contributed by atoms with Crippen molar-refractivity contribution in [1.82, 2.24) is 10.2 Å². The molecule has 1 N–H and O–H groups in total. The van der Waals surface area contributed by atoms with E-state index >= 15 is 0 Å². The van der Waals surface area contributed by atoms with Crippen molar-refractivity contribution in [1.29, 1.82) is 5.26 Å². The summed E-state index contributed by atoms with van der Waals surface area (Å²) in [4.78, 5) is 13.6. The Balaban J connectivity index is 1.62. The second-order valence-electron chi connectivity index (χ2n) is 5.63. The van der Waals surface area contributed by atoms with Crippen LogP contribution in [-0.2, 0) is 4.79 Å². The number of rotatable bonds is 3. The van der Waals surface area contributed by atoms with Crippen LogP contribution >= 0.6 is 0 Å². The molecule has 1 aromatic rings. The van der Waals surface area contributed by atoms with E-state index in [2.05, 4.69) is 5.32 Å². The number of ether oxygens (including phenoxy) is 1. The zero-order valence-corrected chi connectivity index (χ0v) is 12.2. The first-order chi connectivity index (χ1) is 10.7. The van der Waals surface area contributed by atoms with Crippen molar-refractivity contribution in [3.63, 3.8) is 0 Å². The van der Waals surface area contributed by atoms with E-state index in [0.29, 0.717) is 6.61 Å². The molecule has 0 radical (unpaired) electrons. The van der Waals surface area contributed by atoms with Crippen molar-refractivity contribution in [2.45, 2.75) is 31.1 Å². The second-order valence-corrected chi connectivity index (χ2v) is 5.63. The lowest BCUT2D eigenvalue weighted by Gasteiger charge is -2.27. The van der Waals surface area contributed by atoms with Gasteiger partial charge in [0.1, 0.15) is 18.0 Å². The summed E-state index contributed by atoms with van der Waals surface area (Å²) in [6.07, 6.45) is -0.211. The smallest absolute Gasteiger partial charge is 0.237 e. The number of carbonyl (C=O) groups excluding carboxylic acids is 1. The molecule has 2 aliphatic heterocycles. The molecule has 6 heteroatoms. The molecule has 0 aromatic heterocycles.